The fourth-order valence-corrected chi connectivity index (χ4v) is 3.29. The number of nitrogens with zero attached hydrogens (tertiary/aromatic N) is 2. The van der Waals surface area contributed by atoms with Gasteiger partial charge in [-0.05, 0) is 45.7 Å². The number of aromatic nitrogens is 2. The Morgan fingerprint density at radius 1 is 1.38 bits per heavy atom. The molecule has 1 fully saturated rings. The maximum Gasteiger partial charge on any atom is 0.105 e. The molecule has 4 heteroatoms. The highest BCUT2D eigenvalue weighted by Crippen LogP contribution is 2.28. The number of hydrogen-bond donors (Lipinski definition) is 1. The summed E-state index contributed by atoms with van der Waals surface area (Å²) in [5.41, 5.74) is 2.36. The maximum absolute atomic E-state index is 5.60. The van der Waals surface area contributed by atoms with Crippen LogP contribution in [0.3, 0.4) is 0 Å². The Morgan fingerprint density at radius 3 is 2.81 bits per heavy atom. The summed E-state index contributed by atoms with van der Waals surface area (Å²) in [6.07, 6.45) is 7.37. The lowest BCUT2D eigenvalue weighted by Gasteiger charge is -2.12. The highest BCUT2D eigenvalue weighted by molar-refractivity contribution is 5.23. The van der Waals surface area contributed by atoms with E-state index >= 15 is 0 Å². The highest BCUT2D eigenvalue weighted by Gasteiger charge is 2.18. The summed E-state index contributed by atoms with van der Waals surface area (Å²) < 4.78 is 7.75. The maximum atomic E-state index is 5.60. The van der Waals surface area contributed by atoms with Crippen molar-refractivity contribution in [2.24, 2.45) is 0 Å². The Balaban J connectivity index is 1.58. The molecule has 2 aromatic heterocycles. The van der Waals surface area contributed by atoms with Crippen molar-refractivity contribution in [1.82, 2.24) is 15.1 Å². The summed E-state index contributed by atoms with van der Waals surface area (Å²) in [6.45, 7) is 6.98. The van der Waals surface area contributed by atoms with E-state index in [0.29, 0.717) is 6.04 Å². The Morgan fingerprint density at radius 2 is 2.14 bits per heavy atom. The minimum Gasteiger partial charge on any atom is -0.466 e. The first-order valence-electron chi connectivity index (χ1n) is 7.98. The normalized spacial score (nSPS) is 17.5. The van der Waals surface area contributed by atoms with Crippen LogP contribution in [0, 0.1) is 13.8 Å². The number of hydrogen-bond acceptors (Lipinski definition) is 3. The summed E-state index contributed by atoms with van der Waals surface area (Å²) >= 11 is 0. The molecule has 21 heavy (non-hydrogen) atoms. The molecule has 1 saturated carbocycles. The third kappa shape index (κ3) is 3.21. The molecule has 4 nitrogen and oxygen atoms in total. The molecular weight excluding hydrogens is 262 g/mol. The smallest absolute Gasteiger partial charge is 0.105 e. The van der Waals surface area contributed by atoms with Crippen molar-refractivity contribution in [3.63, 3.8) is 0 Å². The van der Waals surface area contributed by atoms with Crippen molar-refractivity contribution in [3.8, 4) is 0 Å². The van der Waals surface area contributed by atoms with Crippen molar-refractivity contribution < 1.29 is 4.42 Å². The first-order valence-corrected chi connectivity index (χ1v) is 7.98. The monoisotopic (exact) mass is 287 g/mol. The van der Waals surface area contributed by atoms with Gasteiger partial charge < -0.3 is 9.73 Å². The van der Waals surface area contributed by atoms with Crippen molar-refractivity contribution in [1.29, 1.82) is 0 Å². The minimum absolute atomic E-state index is 0.277. The number of aryl methyl sites for hydroxylation is 2. The van der Waals surface area contributed by atoms with Crippen molar-refractivity contribution in [2.45, 2.75) is 65.1 Å². The molecular formula is C17H25N3O. The predicted molar refractivity (Wildman–Crippen MR) is 83.2 cm³/mol. The molecule has 1 atom stereocenters. The zero-order valence-electron chi connectivity index (χ0n) is 13.2. The second-order valence-corrected chi connectivity index (χ2v) is 6.20. The van der Waals surface area contributed by atoms with Crippen LogP contribution in [0.1, 0.15) is 67.5 Å². The second kappa shape index (κ2) is 6.06. The van der Waals surface area contributed by atoms with Crippen LogP contribution >= 0.6 is 0 Å². The first kappa shape index (κ1) is 14.4. The summed E-state index contributed by atoms with van der Waals surface area (Å²) in [5.74, 6) is 1.98. The zero-order chi connectivity index (χ0) is 14.8. The van der Waals surface area contributed by atoms with Gasteiger partial charge in [-0.15, -0.1) is 0 Å². The molecule has 1 aliphatic carbocycles. The van der Waals surface area contributed by atoms with E-state index in [1.165, 1.54) is 31.2 Å². The fraction of sp³-hybridized carbons (Fsp3) is 0.588. The topological polar surface area (TPSA) is 43.0 Å². The van der Waals surface area contributed by atoms with Gasteiger partial charge in [0.05, 0.1) is 11.7 Å². The average Bonchev–Trinajstić information content (AvgIpc) is 3.15. The van der Waals surface area contributed by atoms with Crippen LogP contribution in [0.2, 0.25) is 0 Å². The van der Waals surface area contributed by atoms with E-state index in [0.717, 1.165) is 23.8 Å². The molecule has 0 amide bonds. The molecule has 0 aliphatic heterocycles. The van der Waals surface area contributed by atoms with Crippen LogP contribution in [0.4, 0.5) is 0 Å². The quantitative estimate of drug-likeness (QED) is 0.902. The largest absolute Gasteiger partial charge is 0.466 e. The summed E-state index contributed by atoms with van der Waals surface area (Å²) in [5, 5.41) is 8.25. The first-order chi connectivity index (χ1) is 10.1. The van der Waals surface area contributed by atoms with Crippen LogP contribution in [-0.4, -0.2) is 9.78 Å². The van der Waals surface area contributed by atoms with E-state index in [2.05, 4.69) is 35.3 Å². The van der Waals surface area contributed by atoms with Crippen LogP contribution in [0.5, 0.6) is 0 Å². The number of nitrogens with one attached hydrogen (secondary N) is 1. The standard InChI is InChI=1S/C17H25N3O/c1-12-10-17(14(3)21-12)13(2)18-11-15-8-9-20(19-15)16-6-4-5-7-16/h8-10,13,16,18H,4-7,11H2,1-3H3. The van der Waals surface area contributed by atoms with Gasteiger partial charge in [-0.25, -0.2) is 0 Å². The van der Waals surface area contributed by atoms with E-state index in [1.807, 2.05) is 13.8 Å². The van der Waals surface area contributed by atoms with E-state index in [4.69, 9.17) is 9.52 Å². The van der Waals surface area contributed by atoms with E-state index in [1.54, 1.807) is 0 Å². The van der Waals surface area contributed by atoms with Crippen LogP contribution < -0.4 is 5.32 Å². The highest BCUT2D eigenvalue weighted by atomic mass is 16.3. The molecule has 0 saturated heterocycles. The van der Waals surface area contributed by atoms with E-state index in [-0.39, 0.29) is 6.04 Å². The molecule has 114 valence electrons. The van der Waals surface area contributed by atoms with Crippen LogP contribution in [0.15, 0.2) is 22.7 Å². The van der Waals surface area contributed by atoms with E-state index in [9.17, 15) is 0 Å². The minimum atomic E-state index is 0.277. The lowest BCUT2D eigenvalue weighted by Crippen LogP contribution is -2.19. The van der Waals surface area contributed by atoms with Crippen LogP contribution in [0.25, 0.3) is 0 Å². The summed E-state index contributed by atoms with van der Waals surface area (Å²) in [4.78, 5) is 0. The summed E-state index contributed by atoms with van der Waals surface area (Å²) in [7, 11) is 0. The molecule has 0 aromatic carbocycles. The predicted octanol–water partition coefficient (Wildman–Crippen LogP) is 4.06. The Kier molecular flexibility index (Phi) is 4.15. The van der Waals surface area contributed by atoms with E-state index < -0.39 is 0 Å². The lowest BCUT2D eigenvalue weighted by molar-refractivity contribution is 0.457. The average molecular weight is 287 g/mol. The molecule has 1 unspecified atom stereocenters. The van der Waals surface area contributed by atoms with Gasteiger partial charge in [0.2, 0.25) is 0 Å². The van der Waals surface area contributed by atoms with Gasteiger partial charge in [-0.3, -0.25) is 4.68 Å². The van der Waals surface area contributed by atoms with Gasteiger partial charge in [-0.2, -0.15) is 5.10 Å². The molecule has 2 heterocycles. The zero-order valence-corrected chi connectivity index (χ0v) is 13.2. The third-order valence-corrected chi connectivity index (χ3v) is 4.50. The van der Waals surface area contributed by atoms with Gasteiger partial charge in [0, 0.05) is 24.3 Å². The second-order valence-electron chi connectivity index (χ2n) is 6.20. The van der Waals surface area contributed by atoms with Gasteiger partial charge in [0.25, 0.3) is 0 Å². The number of furan rings is 1. The molecule has 1 N–H and O–H groups in total. The SMILES string of the molecule is Cc1cc(C(C)NCc2ccn(C3CCCC3)n2)c(C)o1. The molecule has 0 bridgehead atoms. The Labute approximate surface area is 126 Å². The Hall–Kier alpha value is -1.55. The van der Waals surface area contributed by atoms with Crippen molar-refractivity contribution in [2.75, 3.05) is 0 Å². The van der Waals surface area contributed by atoms with Gasteiger partial charge in [0.1, 0.15) is 11.5 Å². The van der Waals surface area contributed by atoms with Crippen molar-refractivity contribution in [3.05, 3.63) is 41.1 Å². The fourth-order valence-electron chi connectivity index (χ4n) is 3.29. The molecule has 0 radical (unpaired) electrons. The lowest BCUT2D eigenvalue weighted by atomic mass is 10.1. The van der Waals surface area contributed by atoms with Crippen molar-refractivity contribution >= 4 is 0 Å². The molecule has 3 rings (SSSR count). The number of rotatable bonds is 5. The van der Waals surface area contributed by atoms with Crippen LogP contribution in [-0.2, 0) is 6.54 Å². The van der Waals surface area contributed by atoms with Gasteiger partial charge in [-0.1, -0.05) is 12.8 Å². The Bertz CT molecular complexity index is 593. The molecule has 1 aliphatic rings. The molecule has 0 spiro atoms. The van der Waals surface area contributed by atoms with Gasteiger partial charge in [0.15, 0.2) is 0 Å². The third-order valence-electron chi connectivity index (χ3n) is 4.50. The molecule has 2 aromatic rings. The summed E-state index contributed by atoms with van der Waals surface area (Å²) in [6, 6.07) is 5.14. The van der Waals surface area contributed by atoms with Gasteiger partial charge >= 0.3 is 0 Å².